The molecule has 0 aromatic heterocycles. The van der Waals surface area contributed by atoms with Crippen molar-refractivity contribution in [3.05, 3.63) is 90.1 Å². The van der Waals surface area contributed by atoms with Crippen LogP contribution in [0.1, 0.15) is 31.7 Å². The second-order valence-electron chi connectivity index (χ2n) is 8.77. The Morgan fingerprint density at radius 2 is 1.54 bits per heavy atom. The minimum absolute atomic E-state index is 0.262. The van der Waals surface area contributed by atoms with Crippen LogP contribution < -0.4 is 19.9 Å². The van der Waals surface area contributed by atoms with Gasteiger partial charge in [-0.3, -0.25) is 9.59 Å². The highest BCUT2D eigenvalue weighted by atomic mass is 16.5. The minimum Gasteiger partial charge on any atom is -0.494 e. The molecule has 0 spiro atoms. The maximum atomic E-state index is 13.6. The highest BCUT2D eigenvalue weighted by molar-refractivity contribution is 6.46. The van der Waals surface area contributed by atoms with Gasteiger partial charge in [0.1, 0.15) is 11.4 Å². The number of carbonyl (C=O) groups excluding carboxylic acids is 2. The van der Waals surface area contributed by atoms with Gasteiger partial charge in [0.05, 0.1) is 17.9 Å². The van der Waals surface area contributed by atoms with Crippen LogP contribution in [0.2, 0.25) is 0 Å². The molecule has 35 heavy (non-hydrogen) atoms. The van der Waals surface area contributed by atoms with Crippen molar-refractivity contribution >= 4 is 34.4 Å². The zero-order chi connectivity index (χ0) is 24.2. The third-order valence-corrected chi connectivity index (χ3v) is 6.30. The van der Waals surface area contributed by atoms with Crippen LogP contribution >= 0.6 is 0 Å². The van der Waals surface area contributed by atoms with Gasteiger partial charge in [-0.25, -0.2) is 4.90 Å². The fraction of sp³-hybridized carbons (Fsp3) is 0.241. The molecule has 1 saturated heterocycles. The molecule has 2 heterocycles. The molecule has 6 heteroatoms. The highest BCUT2D eigenvalue weighted by Crippen LogP contribution is 2.35. The molecule has 5 rings (SSSR count). The molecule has 2 amide bonds. The molecule has 0 saturated carbocycles. The van der Waals surface area contributed by atoms with Crippen molar-refractivity contribution in [2.75, 3.05) is 34.8 Å². The lowest BCUT2D eigenvalue weighted by atomic mass is 10.0. The van der Waals surface area contributed by atoms with E-state index < -0.39 is 0 Å². The molecule has 0 radical (unpaired) electrons. The molecule has 3 aromatic rings. The van der Waals surface area contributed by atoms with E-state index in [2.05, 4.69) is 10.2 Å². The van der Waals surface area contributed by atoms with Crippen LogP contribution in [0.4, 0.5) is 17.1 Å². The molecule has 1 N–H and O–H groups in total. The molecular formula is C29H29N3O3. The van der Waals surface area contributed by atoms with Gasteiger partial charge in [0, 0.05) is 30.5 Å². The van der Waals surface area contributed by atoms with Gasteiger partial charge >= 0.3 is 0 Å². The average Bonchev–Trinajstić information content (AvgIpc) is 3.51. The summed E-state index contributed by atoms with van der Waals surface area (Å²) in [6.07, 6.45) is 3.28. The van der Waals surface area contributed by atoms with Crippen molar-refractivity contribution in [3.8, 4) is 5.75 Å². The van der Waals surface area contributed by atoms with E-state index in [-0.39, 0.29) is 17.5 Å². The number of imide groups is 1. The van der Waals surface area contributed by atoms with Gasteiger partial charge in [-0.1, -0.05) is 43.3 Å². The van der Waals surface area contributed by atoms with Crippen molar-refractivity contribution < 1.29 is 14.3 Å². The fourth-order valence-electron chi connectivity index (χ4n) is 4.57. The van der Waals surface area contributed by atoms with E-state index in [1.807, 2.05) is 85.8 Å². The van der Waals surface area contributed by atoms with Gasteiger partial charge in [-0.05, 0) is 61.2 Å². The molecule has 0 aliphatic carbocycles. The molecule has 3 aromatic carbocycles. The lowest BCUT2D eigenvalue weighted by molar-refractivity contribution is -0.120. The number of rotatable bonds is 8. The number of hydrogen-bond donors (Lipinski definition) is 1. The van der Waals surface area contributed by atoms with Crippen LogP contribution in [0.3, 0.4) is 0 Å². The quantitative estimate of drug-likeness (QED) is 0.445. The van der Waals surface area contributed by atoms with Crippen LogP contribution in [-0.4, -0.2) is 31.5 Å². The Kier molecular flexibility index (Phi) is 6.53. The Morgan fingerprint density at radius 1 is 0.829 bits per heavy atom. The second-order valence-corrected chi connectivity index (χ2v) is 8.77. The largest absolute Gasteiger partial charge is 0.494 e. The Morgan fingerprint density at radius 3 is 2.26 bits per heavy atom. The number of carbonyl (C=O) groups is 2. The predicted octanol–water partition coefficient (Wildman–Crippen LogP) is 5.47. The SMILES string of the molecule is CCCOc1cccc(NC2=C(c3ccccc3)C(=O)N(c3ccc(N4CCCC4)cc3)C2=O)c1. The number of benzene rings is 3. The first kappa shape index (κ1) is 22.7. The lowest BCUT2D eigenvalue weighted by Gasteiger charge is -2.20. The summed E-state index contributed by atoms with van der Waals surface area (Å²) in [5.74, 6) is 0.00325. The third kappa shape index (κ3) is 4.64. The number of ether oxygens (including phenoxy) is 1. The number of nitrogens with zero attached hydrogens (tertiary/aromatic N) is 2. The van der Waals surface area contributed by atoms with Crippen molar-refractivity contribution in [3.63, 3.8) is 0 Å². The van der Waals surface area contributed by atoms with Gasteiger partial charge in [-0.15, -0.1) is 0 Å². The molecule has 0 unspecified atom stereocenters. The van der Waals surface area contributed by atoms with Gasteiger partial charge in [0.2, 0.25) is 0 Å². The van der Waals surface area contributed by atoms with Gasteiger partial charge < -0.3 is 15.0 Å². The number of nitrogens with one attached hydrogen (secondary N) is 1. The molecule has 6 nitrogen and oxygen atoms in total. The summed E-state index contributed by atoms with van der Waals surface area (Å²) in [6.45, 7) is 4.74. The van der Waals surface area contributed by atoms with Crippen molar-refractivity contribution in [1.82, 2.24) is 0 Å². The van der Waals surface area contributed by atoms with Crippen LogP contribution in [0.5, 0.6) is 5.75 Å². The Labute approximate surface area is 205 Å². The minimum atomic E-state index is -0.373. The van der Waals surface area contributed by atoms with Crippen LogP contribution in [-0.2, 0) is 9.59 Å². The number of hydrogen-bond acceptors (Lipinski definition) is 5. The smallest absolute Gasteiger partial charge is 0.282 e. The number of amides is 2. The highest BCUT2D eigenvalue weighted by Gasteiger charge is 2.40. The van der Waals surface area contributed by atoms with Gasteiger partial charge in [-0.2, -0.15) is 0 Å². The predicted molar refractivity (Wildman–Crippen MR) is 140 cm³/mol. The van der Waals surface area contributed by atoms with Crippen LogP contribution in [0.15, 0.2) is 84.6 Å². The summed E-state index contributed by atoms with van der Waals surface area (Å²) in [6, 6.07) is 24.5. The summed E-state index contributed by atoms with van der Waals surface area (Å²) < 4.78 is 5.74. The summed E-state index contributed by atoms with van der Waals surface area (Å²) in [7, 11) is 0. The summed E-state index contributed by atoms with van der Waals surface area (Å²) in [5, 5.41) is 3.22. The van der Waals surface area contributed by atoms with Crippen molar-refractivity contribution in [2.45, 2.75) is 26.2 Å². The molecular weight excluding hydrogens is 438 g/mol. The molecule has 1 fully saturated rings. The summed E-state index contributed by atoms with van der Waals surface area (Å²) >= 11 is 0. The Bertz CT molecular complexity index is 1250. The Hall–Kier alpha value is -4.06. The first-order valence-electron chi connectivity index (χ1n) is 12.2. The standard InChI is InChI=1S/C29H29N3O3/c1-2-19-35-25-12-8-11-22(20-25)30-27-26(21-9-4-3-5-10-21)28(33)32(29(27)34)24-15-13-23(14-16-24)31-17-6-7-18-31/h3-5,8-16,20,30H,2,6-7,17-19H2,1H3. The van der Waals surface area contributed by atoms with E-state index in [1.165, 1.54) is 17.7 Å². The summed E-state index contributed by atoms with van der Waals surface area (Å²) in [5.41, 5.74) is 3.69. The lowest BCUT2D eigenvalue weighted by Crippen LogP contribution is -2.32. The Balaban J connectivity index is 1.48. The van der Waals surface area contributed by atoms with Crippen molar-refractivity contribution in [2.24, 2.45) is 0 Å². The maximum absolute atomic E-state index is 13.6. The topological polar surface area (TPSA) is 61.9 Å². The van der Waals surface area contributed by atoms with Crippen LogP contribution in [0, 0.1) is 0 Å². The summed E-state index contributed by atoms with van der Waals surface area (Å²) in [4.78, 5) is 30.9. The van der Waals surface area contributed by atoms with Crippen molar-refractivity contribution in [1.29, 1.82) is 0 Å². The maximum Gasteiger partial charge on any atom is 0.282 e. The average molecular weight is 468 g/mol. The normalized spacial score (nSPS) is 15.8. The zero-order valence-electron chi connectivity index (χ0n) is 19.9. The first-order chi connectivity index (χ1) is 17.2. The van der Waals surface area contributed by atoms with Crippen LogP contribution in [0.25, 0.3) is 5.57 Å². The van der Waals surface area contributed by atoms with E-state index in [0.717, 1.165) is 25.2 Å². The monoisotopic (exact) mass is 467 g/mol. The van der Waals surface area contributed by atoms with E-state index in [0.29, 0.717) is 34.9 Å². The number of anilines is 3. The third-order valence-electron chi connectivity index (χ3n) is 6.30. The molecule has 2 aliphatic rings. The molecule has 2 aliphatic heterocycles. The molecule has 0 bridgehead atoms. The molecule has 178 valence electrons. The second kappa shape index (κ2) is 10.1. The zero-order valence-corrected chi connectivity index (χ0v) is 19.9. The van der Waals surface area contributed by atoms with Gasteiger partial charge in [0.25, 0.3) is 11.8 Å². The van der Waals surface area contributed by atoms with E-state index >= 15 is 0 Å². The van der Waals surface area contributed by atoms with E-state index in [9.17, 15) is 9.59 Å². The first-order valence-corrected chi connectivity index (χ1v) is 12.2. The van der Waals surface area contributed by atoms with E-state index in [1.54, 1.807) is 0 Å². The molecule has 0 atom stereocenters. The van der Waals surface area contributed by atoms with Gasteiger partial charge in [0.15, 0.2) is 0 Å². The fourth-order valence-corrected chi connectivity index (χ4v) is 4.57. The van der Waals surface area contributed by atoms with E-state index in [4.69, 9.17) is 4.74 Å².